The standard InChI is InChI=1S/C9H17NO3S/c11-4-8-14-7-1-9(12)10-2-5-13-6-3-10/h11H,1-8H2. The van der Waals surface area contributed by atoms with Crippen LogP contribution in [-0.4, -0.2) is 60.3 Å². The smallest absolute Gasteiger partial charge is 0.223 e. The number of nitrogens with zero attached hydrogens (tertiary/aromatic N) is 1. The second kappa shape index (κ2) is 7.09. The first-order valence-corrected chi connectivity index (χ1v) is 6.04. The first-order chi connectivity index (χ1) is 6.84. The highest BCUT2D eigenvalue weighted by Gasteiger charge is 2.15. The van der Waals surface area contributed by atoms with Crippen molar-refractivity contribution in [1.29, 1.82) is 0 Å². The molecule has 1 fully saturated rings. The van der Waals surface area contributed by atoms with Gasteiger partial charge in [0.25, 0.3) is 0 Å². The van der Waals surface area contributed by atoms with Gasteiger partial charge < -0.3 is 14.7 Å². The molecule has 5 heteroatoms. The van der Waals surface area contributed by atoms with Crippen LogP contribution in [0.1, 0.15) is 6.42 Å². The summed E-state index contributed by atoms with van der Waals surface area (Å²) in [4.78, 5) is 13.4. The number of aliphatic hydroxyl groups excluding tert-OH is 1. The van der Waals surface area contributed by atoms with Crippen molar-refractivity contribution in [1.82, 2.24) is 4.90 Å². The zero-order chi connectivity index (χ0) is 10.2. The molecule has 0 spiro atoms. The number of morpholine rings is 1. The summed E-state index contributed by atoms with van der Waals surface area (Å²) >= 11 is 1.62. The van der Waals surface area contributed by atoms with E-state index >= 15 is 0 Å². The minimum absolute atomic E-state index is 0.191. The number of amides is 1. The van der Waals surface area contributed by atoms with Crippen LogP contribution in [0, 0.1) is 0 Å². The first-order valence-electron chi connectivity index (χ1n) is 4.88. The van der Waals surface area contributed by atoms with E-state index in [1.54, 1.807) is 11.8 Å². The van der Waals surface area contributed by atoms with Crippen molar-refractivity contribution in [3.05, 3.63) is 0 Å². The van der Waals surface area contributed by atoms with Gasteiger partial charge in [-0.05, 0) is 0 Å². The van der Waals surface area contributed by atoms with Gasteiger partial charge in [0.15, 0.2) is 0 Å². The van der Waals surface area contributed by atoms with Crippen LogP contribution in [0.2, 0.25) is 0 Å². The van der Waals surface area contributed by atoms with Gasteiger partial charge in [-0.25, -0.2) is 0 Å². The summed E-state index contributed by atoms with van der Waals surface area (Å²) < 4.78 is 5.16. The number of hydrogen-bond donors (Lipinski definition) is 1. The molecular weight excluding hydrogens is 202 g/mol. The topological polar surface area (TPSA) is 49.8 Å². The third kappa shape index (κ3) is 4.30. The number of thioether (sulfide) groups is 1. The third-order valence-corrected chi connectivity index (χ3v) is 3.02. The molecule has 0 aliphatic carbocycles. The number of carbonyl (C=O) groups is 1. The monoisotopic (exact) mass is 219 g/mol. The molecule has 0 saturated carbocycles. The second-order valence-electron chi connectivity index (χ2n) is 3.08. The number of rotatable bonds is 5. The van der Waals surface area contributed by atoms with Gasteiger partial charge >= 0.3 is 0 Å². The Kier molecular flexibility index (Phi) is 5.98. The Morgan fingerprint density at radius 1 is 1.36 bits per heavy atom. The average Bonchev–Trinajstić information content (AvgIpc) is 2.25. The molecule has 1 rings (SSSR count). The Labute approximate surface area is 88.6 Å². The van der Waals surface area contributed by atoms with E-state index in [0.717, 1.165) is 24.6 Å². The SMILES string of the molecule is O=C(CCSCCO)N1CCOCC1. The fourth-order valence-corrected chi connectivity index (χ4v) is 1.95. The molecular formula is C9H17NO3S. The lowest BCUT2D eigenvalue weighted by molar-refractivity contribution is -0.134. The minimum atomic E-state index is 0.191. The fourth-order valence-electron chi connectivity index (χ4n) is 1.30. The Bertz CT molecular complexity index is 171. The van der Waals surface area contributed by atoms with Crippen molar-refractivity contribution in [2.45, 2.75) is 6.42 Å². The van der Waals surface area contributed by atoms with Crippen molar-refractivity contribution in [2.24, 2.45) is 0 Å². The molecule has 0 radical (unpaired) electrons. The second-order valence-corrected chi connectivity index (χ2v) is 4.30. The van der Waals surface area contributed by atoms with E-state index in [1.165, 1.54) is 0 Å². The van der Waals surface area contributed by atoms with E-state index in [0.29, 0.717) is 19.6 Å². The molecule has 1 N–H and O–H groups in total. The van der Waals surface area contributed by atoms with Crippen LogP contribution in [0.5, 0.6) is 0 Å². The highest BCUT2D eigenvalue weighted by atomic mass is 32.2. The van der Waals surface area contributed by atoms with Crippen LogP contribution in [0.15, 0.2) is 0 Å². The van der Waals surface area contributed by atoms with Crippen LogP contribution < -0.4 is 0 Å². The Balaban J connectivity index is 2.07. The first kappa shape index (κ1) is 11.8. The van der Waals surface area contributed by atoms with Crippen LogP contribution >= 0.6 is 11.8 Å². The lowest BCUT2D eigenvalue weighted by Gasteiger charge is -2.26. The van der Waals surface area contributed by atoms with Crippen LogP contribution in [0.3, 0.4) is 0 Å². The number of carbonyl (C=O) groups excluding carboxylic acids is 1. The number of aliphatic hydroxyl groups is 1. The molecule has 1 heterocycles. The summed E-state index contributed by atoms with van der Waals surface area (Å²) in [5, 5.41) is 8.55. The lowest BCUT2D eigenvalue weighted by atomic mass is 10.3. The van der Waals surface area contributed by atoms with Crippen molar-refractivity contribution in [3.8, 4) is 0 Å². The van der Waals surface area contributed by atoms with E-state index < -0.39 is 0 Å². The minimum Gasteiger partial charge on any atom is -0.396 e. The molecule has 0 bridgehead atoms. The molecule has 0 atom stereocenters. The maximum absolute atomic E-state index is 11.6. The molecule has 0 unspecified atom stereocenters. The maximum atomic E-state index is 11.6. The van der Waals surface area contributed by atoms with E-state index in [1.807, 2.05) is 4.90 Å². The van der Waals surface area contributed by atoms with Crippen molar-refractivity contribution in [3.63, 3.8) is 0 Å². The summed E-state index contributed by atoms with van der Waals surface area (Å²) in [6.45, 7) is 2.97. The van der Waals surface area contributed by atoms with E-state index in [-0.39, 0.29) is 12.5 Å². The molecule has 0 aromatic rings. The molecule has 0 aromatic heterocycles. The Morgan fingerprint density at radius 3 is 2.71 bits per heavy atom. The van der Waals surface area contributed by atoms with Crippen LogP contribution in [-0.2, 0) is 9.53 Å². The molecule has 14 heavy (non-hydrogen) atoms. The quantitative estimate of drug-likeness (QED) is 0.659. The number of hydrogen-bond acceptors (Lipinski definition) is 4. The highest BCUT2D eigenvalue weighted by Crippen LogP contribution is 2.05. The van der Waals surface area contributed by atoms with Gasteiger partial charge in [-0.1, -0.05) is 0 Å². The van der Waals surface area contributed by atoms with Crippen molar-refractivity contribution in [2.75, 3.05) is 44.4 Å². The van der Waals surface area contributed by atoms with E-state index in [9.17, 15) is 4.79 Å². The van der Waals surface area contributed by atoms with Gasteiger partial charge in [0.1, 0.15) is 0 Å². The zero-order valence-corrected chi connectivity index (χ0v) is 9.09. The number of ether oxygens (including phenoxy) is 1. The van der Waals surface area contributed by atoms with Crippen molar-refractivity contribution >= 4 is 17.7 Å². The van der Waals surface area contributed by atoms with Crippen LogP contribution in [0.4, 0.5) is 0 Å². The molecule has 1 aliphatic heterocycles. The average molecular weight is 219 g/mol. The maximum Gasteiger partial charge on any atom is 0.223 e. The van der Waals surface area contributed by atoms with Gasteiger partial charge in [-0.15, -0.1) is 0 Å². The summed E-state index contributed by atoms with van der Waals surface area (Å²) in [6, 6.07) is 0. The Hall–Kier alpha value is -0.260. The van der Waals surface area contributed by atoms with Gasteiger partial charge in [0.05, 0.1) is 19.8 Å². The van der Waals surface area contributed by atoms with E-state index in [2.05, 4.69) is 0 Å². The summed E-state index contributed by atoms with van der Waals surface area (Å²) in [6.07, 6.45) is 0.574. The molecule has 0 aromatic carbocycles. The normalized spacial score (nSPS) is 17.1. The summed E-state index contributed by atoms with van der Waals surface area (Å²) in [5.41, 5.74) is 0. The summed E-state index contributed by atoms with van der Waals surface area (Å²) in [7, 11) is 0. The van der Waals surface area contributed by atoms with Crippen molar-refractivity contribution < 1.29 is 14.6 Å². The van der Waals surface area contributed by atoms with Gasteiger partial charge in [-0.3, -0.25) is 4.79 Å². The fraction of sp³-hybridized carbons (Fsp3) is 0.889. The van der Waals surface area contributed by atoms with Crippen LogP contribution in [0.25, 0.3) is 0 Å². The molecule has 1 aliphatic rings. The molecule has 1 amide bonds. The third-order valence-electron chi connectivity index (χ3n) is 2.06. The predicted octanol–water partition coefficient (Wildman–Crippen LogP) is -0.0392. The van der Waals surface area contributed by atoms with Gasteiger partial charge in [-0.2, -0.15) is 11.8 Å². The lowest BCUT2D eigenvalue weighted by Crippen LogP contribution is -2.40. The molecule has 82 valence electrons. The van der Waals surface area contributed by atoms with Gasteiger partial charge in [0, 0.05) is 31.0 Å². The Morgan fingerprint density at radius 2 is 2.07 bits per heavy atom. The molecule has 1 saturated heterocycles. The zero-order valence-electron chi connectivity index (χ0n) is 8.28. The largest absolute Gasteiger partial charge is 0.396 e. The predicted molar refractivity (Wildman–Crippen MR) is 56.4 cm³/mol. The van der Waals surface area contributed by atoms with E-state index in [4.69, 9.17) is 9.84 Å². The highest BCUT2D eigenvalue weighted by molar-refractivity contribution is 7.99. The molecule has 4 nitrogen and oxygen atoms in total. The summed E-state index contributed by atoms with van der Waals surface area (Å²) in [5.74, 6) is 1.73. The van der Waals surface area contributed by atoms with Gasteiger partial charge in [0.2, 0.25) is 5.91 Å².